The van der Waals surface area contributed by atoms with E-state index in [0.717, 1.165) is 12.6 Å². The van der Waals surface area contributed by atoms with Crippen LogP contribution in [0, 0.1) is 0 Å². The van der Waals surface area contributed by atoms with Crippen molar-refractivity contribution in [2.75, 3.05) is 13.7 Å². The smallest absolute Gasteiger partial charge is 0.0613 e. The van der Waals surface area contributed by atoms with Gasteiger partial charge in [0.25, 0.3) is 0 Å². The summed E-state index contributed by atoms with van der Waals surface area (Å²) in [6, 6.07) is 1.28. The molecule has 66 valence electrons. The Balaban J connectivity index is 2.08. The topological polar surface area (TPSA) is 21.3 Å². The monoisotopic (exact) mass is 157 g/mol. The first-order valence-electron chi connectivity index (χ1n) is 4.58. The van der Waals surface area contributed by atoms with Crippen molar-refractivity contribution in [3.05, 3.63) is 0 Å². The standard InChI is InChI=1S/C9H19NO/c1-8(7-11-2)10-9-5-3-4-6-9/h8-10H,3-7H2,1-2H3. The molecule has 0 aromatic heterocycles. The summed E-state index contributed by atoms with van der Waals surface area (Å²) in [7, 11) is 1.76. The predicted molar refractivity (Wildman–Crippen MR) is 46.7 cm³/mol. The Kier molecular flexibility index (Phi) is 3.87. The fourth-order valence-electron chi connectivity index (χ4n) is 1.79. The fourth-order valence-corrected chi connectivity index (χ4v) is 1.79. The Bertz CT molecular complexity index is 99.7. The minimum atomic E-state index is 0.517. The second-order valence-electron chi connectivity index (χ2n) is 3.50. The minimum Gasteiger partial charge on any atom is -0.383 e. The van der Waals surface area contributed by atoms with Crippen molar-refractivity contribution in [1.82, 2.24) is 5.32 Å². The molecule has 2 nitrogen and oxygen atoms in total. The first-order chi connectivity index (χ1) is 5.33. The summed E-state index contributed by atoms with van der Waals surface area (Å²) in [4.78, 5) is 0. The third-order valence-electron chi connectivity index (χ3n) is 2.29. The SMILES string of the molecule is COCC(C)NC1CCCC1. The summed E-state index contributed by atoms with van der Waals surface area (Å²) in [5.74, 6) is 0. The van der Waals surface area contributed by atoms with Crippen LogP contribution in [-0.4, -0.2) is 25.8 Å². The first kappa shape index (κ1) is 9.01. The van der Waals surface area contributed by atoms with Crippen LogP contribution >= 0.6 is 0 Å². The lowest BCUT2D eigenvalue weighted by molar-refractivity contribution is 0.167. The Morgan fingerprint density at radius 2 is 2.09 bits per heavy atom. The fraction of sp³-hybridized carbons (Fsp3) is 1.00. The lowest BCUT2D eigenvalue weighted by Gasteiger charge is -2.17. The van der Waals surface area contributed by atoms with E-state index in [2.05, 4.69) is 12.2 Å². The highest BCUT2D eigenvalue weighted by Gasteiger charge is 2.16. The van der Waals surface area contributed by atoms with Crippen LogP contribution in [0.3, 0.4) is 0 Å². The molecule has 0 amide bonds. The van der Waals surface area contributed by atoms with Gasteiger partial charge in [-0.1, -0.05) is 12.8 Å². The van der Waals surface area contributed by atoms with Gasteiger partial charge >= 0.3 is 0 Å². The van der Waals surface area contributed by atoms with Gasteiger partial charge in [-0.15, -0.1) is 0 Å². The Labute approximate surface area is 69.3 Å². The molecular weight excluding hydrogens is 138 g/mol. The van der Waals surface area contributed by atoms with Gasteiger partial charge in [0, 0.05) is 19.2 Å². The molecule has 0 aromatic carbocycles. The maximum absolute atomic E-state index is 5.05. The molecule has 1 N–H and O–H groups in total. The largest absolute Gasteiger partial charge is 0.383 e. The molecule has 1 rings (SSSR count). The van der Waals surface area contributed by atoms with Gasteiger partial charge in [0.05, 0.1) is 6.61 Å². The van der Waals surface area contributed by atoms with E-state index in [1.165, 1.54) is 25.7 Å². The van der Waals surface area contributed by atoms with Gasteiger partial charge in [-0.3, -0.25) is 0 Å². The second-order valence-corrected chi connectivity index (χ2v) is 3.50. The minimum absolute atomic E-state index is 0.517. The normalized spacial score (nSPS) is 22.4. The lowest BCUT2D eigenvalue weighted by Crippen LogP contribution is -2.37. The number of nitrogens with one attached hydrogen (secondary N) is 1. The van der Waals surface area contributed by atoms with Crippen LogP contribution in [0.15, 0.2) is 0 Å². The van der Waals surface area contributed by atoms with E-state index in [-0.39, 0.29) is 0 Å². The van der Waals surface area contributed by atoms with Crippen LogP contribution in [0.1, 0.15) is 32.6 Å². The Morgan fingerprint density at radius 3 is 2.64 bits per heavy atom. The molecule has 0 heterocycles. The van der Waals surface area contributed by atoms with Crippen LogP contribution in [0.4, 0.5) is 0 Å². The van der Waals surface area contributed by atoms with Gasteiger partial charge in [0.1, 0.15) is 0 Å². The first-order valence-corrected chi connectivity index (χ1v) is 4.58. The molecular formula is C9H19NO. The molecule has 1 saturated carbocycles. The average Bonchev–Trinajstić information content (AvgIpc) is 2.40. The molecule has 1 aliphatic rings. The van der Waals surface area contributed by atoms with Gasteiger partial charge in [-0.25, -0.2) is 0 Å². The molecule has 1 atom stereocenters. The van der Waals surface area contributed by atoms with Crippen LogP contribution in [-0.2, 0) is 4.74 Å². The summed E-state index contributed by atoms with van der Waals surface area (Å²) in [6.07, 6.45) is 5.51. The molecule has 0 aromatic rings. The molecule has 1 fully saturated rings. The number of hydrogen-bond acceptors (Lipinski definition) is 2. The van der Waals surface area contributed by atoms with Crippen molar-refractivity contribution in [3.8, 4) is 0 Å². The van der Waals surface area contributed by atoms with Gasteiger partial charge < -0.3 is 10.1 Å². The number of methoxy groups -OCH3 is 1. The Morgan fingerprint density at radius 1 is 1.45 bits per heavy atom. The maximum atomic E-state index is 5.05. The number of rotatable bonds is 4. The molecule has 0 spiro atoms. The van der Waals surface area contributed by atoms with Gasteiger partial charge in [-0.05, 0) is 19.8 Å². The van der Waals surface area contributed by atoms with E-state index in [1.807, 2.05) is 0 Å². The molecule has 0 radical (unpaired) electrons. The predicted octanol–water partition coefficient (Wildman–Crippen LogP) is 1.55. The van der Waals surface area contributed by atoms with Gasteiger partial charge in [0.2, 0.25) is 0 Å². The quantitative estimate of drug-likeness (QED) is 0.668. The zero-order chi connectivity index (χ0) is 8.10. The van der Waals surface area contributed by atoms with Crippen molar-refractivity contribution < 1.29 is 4.74 Å². The zero-order valence-corrected chi connectivity index (χ0v) is 7.60. The molecule has 1 aliphatic carbocycles. The van der Waals surface area contributed by atoms with Gasteiger partial charge in [-0.2, -0.15) is 0 Å². The highest BCUT2D eigenvalue weighted by molar-refractivity contribution is 4.76. The molecule has 1 unspecified atom stereocenters. The molecule has 11 heavy (non-hydrogen) atoms. The maximum Gasteiger partial charge on any atom is 0.0613 e. The van der Waals surface area contributed by atoms with Crippen molar-refractivity contribution in [1.29, 1.82) is 0 Å². The molecule has 0 bridgehead atoms. The summed E-state index contributed by atoms with van der Waals surface area (Å²) in [5, 5.41) is 3.55. The van der Waals surface area contributed by atoms with E-state index < -0.39 is 0 Å². The van der Waals surface area contributed by atoms with Crippen LogP contribution < -0.4 is 5.32 Å². The lowest BCUT2D eigenvalue weighted by atomic mass is 10.2. The van der Waals surface area contributed by atoms with Crippen molar-refractivity contribution >= 4 is 0 Å². The summed E-state index contributed by atoms with van der Waals surface area (Å²) < 4.78 is 5.05. The van der Waals surface area contributed by atoms with Crippen molar-refractivity contribution in [3.63, 3.8) is 0 Å². The summed E-state index contributed by atoms with van der Waals surface area (Å²) in [6.45, 7) is 3.01. The zero-order valence-electron chi connectivity index (χ0n) is 7.60. The van der Waals surface area contributed by atoms with E-state index in [9.17, 15) is 0 Å². The highest BCUT2D eigenvalue weighted by atomic mass is 16.5. The van der Waals surface area contributed by atoms with Crippen molar-refractivity contribution in [2.24, 2.45) is 0 Å². The molecule has 0 saturated heterocycles. The number of hydrogen-bond donors (Lipinski definition) is 1. The van der Waals surface area contributed by atoms with E-state index >= 15 is 0 Å². The van der Waals surface area contributed by atoms with E-state index in [1.54, 1.807) is 7.11 Å². The number of ether oxygens (including phenoxy) is 1. The molecule has 2 heteroatoms. The second kappa shape index (κ2) is 4.73. The van der Waals surface area contributed by atoms with Crippen molar-refractivity contribution in [2.45, 2.75) is 44.7 Å². The van der Waals surface area contributed by atoms with Crippen LogP contribution in [0.5, 0.6) is 0 Å². The van der Waals surface area contributed by atoms with Crippen LogP contribution in [0.2, 0.25) is 0 Å². The van der Waals surface area contributed by atoms with Gasteiger partial charge in [0.15, 0.2) is 0 Å². The third-order valence-corrected chi connectivity index (χ3v) is 2.29. The van der Waals surface area contributed by atoms with E-state index in [0.29, 0.717) is 6.04 Å². The summed E-state index contributed by atoms with van der Waals surface area (Å²) in [5.41, 5.74) is 0. The third kappa shape index (κ3) is 3.21. The van der Waals surface area contributed by atoms with Crippen LogP contribution in [0.25, 0.3) is 0 Å². The highest BCUT2D eigenvalue weighted by Crippen LogP contribution is 2.17. The van der Waals surface area contributed by atoms with E-state index in [4.69, 9.17) is 4.74 Å². The average molecular weight is 157 g/mol. The summed E-state index contributed by atoms with van der Waals surface area (Å²) >= 11 is 0. The molecule has 0 aliphatic heterocycles. The Hall–Kier alpha value is -0.0800.